The molecule has 6 heteroatoms. The van der Waals surface area contributed by atoms with Crippen LogP contribution in [0.5, 0.6) is 0 Å². The molecule has 1 heterocycles. The number of hydrogen-bond donors (Lipinski definition) is 1. The lowest BCUT2D eigenvalue weighted by Gasteiger charge is -2.01. The van der Waals surface area contributed by atoms with Crippen LogP contribution >= 0.6 is 0 Å². The zero-order valence-corrected chi connectivity index (χ0v) is 7.19. The Balaban J connectivity index is 2.64. The Morgan fingerprint density at radius 1 is 1.85 bits per heavy atom. The zero-order chi connectivity index (χ0) is 9.68. The summed E-state index contributed by atoms with van der Waals surface area (Å²) in [6.45, 7) is 2.49. The lowest BCUT2D eigenvalue weighted by molar-refractivity contribution is -0.121. The normalized spacial score (nSPS) is 9.23. The van der Waals surface area contributed by atoms with E-state index >= 15 is 0 Å². The van der Waals surface area contributed by atoms with Gasteiger partial charge in [-0.1, -0.05) is 0 Å². The van der Waals surface area contributed by atoms with Crippen molar-refractivity contribution in [2.45, 2.75) is 13.5 Å². The number of carbonyl (C=O) groups excluding carboxylic acids is 1. The standard InChI is InChI=1S/C7H9N5O/c1-2-9-7(13)4-12-5-10-11-6(12)3-8/h5H,2,4H2,1H3,(H,9,13). The Labute approximate surface area is 75.2 Å². The highest BCUT2D eigenvalue weighted by molar-refractivity contribution is 5.75. The van der Waals surface area contributed by atoms with Crippen molar-refractivity contribution in [3.8, 4) is 6.07 Å². The molecule has 1 amide bonds. The maximum absolute atomic E-state index is 11.1. The summed E-state index contributed by atoms with van der Waals surface area (Å²) in [7, 11) is 0. The number of amides is 1. The molecular formula is C7H9N5O. The monoisotopic (exact) mass is 179 g/mol. The largest absolute Gasteiger partial charge is 0.355 e. The van der Waals surface area contributed by atoms with Crippen molar-refractivity contribution in [2.24, 2.45) is 0 Å². The summed E-state index contributed by atoms with van der Waals surface area (Å²) in [6.07, 6.45) is 1.35. The SMILES string of the molecule is CCNC(=O)Cn1cnnc1C#N. The number of nitrogens with zero attached hydrogens (tertiary/aromatic N) is 4. The zero-order valence-electron chi connectivity index (χ0n) is 7.19. The minimum atomic E-state index is -0.154. The summed E-state index contributed by atoms with van der Waals surface area (Å²) < 4.78 is 1.39. The van der Waals surface area contributed by atoms with Crippen LogP contribution in [0.3, 0.4) is 0 Å². The lowest BCUT2D eigenvalue weighted by atomic mass is 10.5. The third-order valence-electron chi connectivity index (χ3n) is 1.40. The van der Waals surface area contributed by atoms with E-state index in [0.29, 0.717) is 6.54 Å². The highest BCUT2D eigenvalue weighted by Crippen LogP contribution is 1.91. The topological polar surface area (TPSA) is 83.6 Å². The fraction of sp³-hybridized carbons (Fsp3) is 0.429. The summed E-state index contributed by atoms with van der Waals surface area (Å²) in [5.74, 6) is -0.00921. The Hall–Kier alpha value is -1.90. The molecule has 0 unspecified atom stereocenters. The van der Waals surface area contributed by atoms with E-state index in [1.54, 1.807) is 0 Å². The van der Waals surface area contributed by atoms with Crippen LogP contribution in [0.4, 0.5) is 0 Å². The average Bonchev–Trinajstić information content (AvgIpc) is 2.52. The number of nitriles is 1. The molecule has 1 N–H and O–H groups in total. The minimum absolute atomic E-state index is 0.0870. The van der Waals surface area contributed by atoms with Crippen LogP contribution in [0.1, 0.15) is 12.7 Å². The van der Waals surface area contributed by atoms with Gasteiger partial charge in [0.25, 0.3) is 0 Å². The van der Waals surface area contributed by atoms with Crippen molar-refractivity contribution in [1.29, 1.82) is 5.26 Å². The molecule has 68 valence electrons. The van der Waals surface area contributed by atoms with Gasteiger partial charge in [0, 0.05) is 6.54 Å². The molecule has 0 aromatic carbocycles. The third kappa shape index (κ3) is 2.27. The predicted octanol–water partition coefficient (Wildman–Crippen LogP) is -0.714. The van der Waals surface area contributed by atoms with Crippen LogP contribution in [0, 0.1) is 11.3 Å². The second-order valence-corrected chi connectivity index (χ2v) is 2.35. The highest BCUT2D eigenvalue weighted by Gasteiger charge is 2.06. The molecule has 0 saturated heterocycles. The predicted molar refractivity (Wildman–Crippen MR) is 43.4 cm³/mol. The molecule has 1 rings (SSSR count). The van der Waals surface area contributed by atoms with Crippen molar-refractivity contribution in [1.82, 2.24) is 20.1 Å². The van der Waals surface area contributed by atoms with Gasteiger partial charge in [0.2, 0.25) is 11.7 Å². The van der Waals surface area contributed by atoms with Crippen LogP contribution in [-0.2, 0) is 11.3 Å². The second-order valence-electron chi connectivity index (χ2n) is 2.35. The average molecular weight is 179 g/mol. The third-order valence-corrected chi connectivity index (χ3v) is 1.40. The van der Waals surface area contributed by atoms with Gasteiger partial charge in [-0.3, -0.25) is 9.36 Å². The fourth-order valence-electron chi connectivity index (χ4n) is 0.865. The van der Waals surface area contributed by atoms with Crippen LogP contribution < -0.4 is 5.32 Å². The van der Waals surface area contributed by atoms with Gasteiger partial charge in [-0.15, -0.1) is 10.2 Å². The number of carbonyl (C=O) groups is 1. The first kappa shape index (κ1) is 9.19. The number of hydrogen-bond acceptors (Lipinski definition) is 4. The molecular weight excluding hydrogens is 170 g/mol. The van der Waals surface area contributed by atoms with Crippen molar-refractivity contribution in [3.05, 3.63) is 12.2 Å². The first-order valence-corrected chi connectivity index (χ1v) is 3.82. The van der Waals surface area contributed by atoms with E-state index in [2.05, 4.69) is 15.5 Å². The van der Waals surface area contributed by atoms with Crippen LogP contribution in [0.25, 0.3) is 0 Å². The molecule has 0 radical (unpaired) electrons. The van der Waals surface area contributed by atoms with Gasteiger partial charge >= 0.3 is 0 Å². The Kier molecular flexibility index (Phi) is 2.97. The summed E-state index contributed by atoms with van der Waals surface area (Å²) in [6, 6.07) is 1.83. The molecule has 13 heavy (non-hydrogen) atoms. The number of likely N-dealkylation sites (N-methyl/N-ethyl adjacent to an activating group) is 1. The highest BCUT2D eigenvalue weighted by atomic mass is 16.1. The van der Waals surface area contributed by atoms with E-state index in [1.807, 2.05) is 13.0 Å². The van der Waals surface area contributed by atoms with E-state index in [0.717, 1.165) is 0 Å². The number of nitrogens with one attached hydrogen (secondary N) is 1. The Morgan fingerprint density at radius 2 is 2.62 bits per heavy atom. The Morgan fingerprint density at radius 3 is 3.23 bits per heavy atom. The van der Waals surface area contributed by atoms with Crippen molar-refractivity contribution in [2.75, 3.05) is 6.54 Å². The molecule has 1 aromatic heterocycles. The first-order valence-electron chi connectivity index (χ1n) is 3.82. The van der Waals surface area contributed by atoms with Crippen LogP contribution in [-0.4, -0.2) is 27.2 Å². The molecule has 0 bridgehead atoms. The van der Waals surface area contributed by atoms with Gasteiger partial charge in [0.15, 0.2) is 0 Å². The van der Waals surface area contributed by atoms with Gasteiger partial charge in [-0.25, -0.2) is 0 Å². The van der Waals surface area contributed by atoms with E-state index in [-0.39, 0.29) is 18.3 Å². The van der Waals surface area contributed by atoms with Crippen LogP contribution in [0.2, 0.25) is 0 Å². The van der Waals surface area contributed by atoms with E-state index in [4.69, 9.17) is 5.26 Å². The van der Waals surface area contributed by atoms with E-state index in [1.165, 1.54) is 10.9 Å². The molecule has 0 fully saturated rings. The summed E-state index contributed by atoms with van der Waals surface area (Å²) in [5, 5.41) is 18.2. The summed E-state index contributed by atoms with van der Waals surface area (Å²) in [5.41, 5.74) is 0. The molecule has 0 atom stereocenters. The number of aromatic nitrogens is 3. The van der Waals surface area contributed by atoms with E-state index < -0.39 is 0 Å². The summed E-state index contributed by atoms with van der Waals surface area (Å²) >= 11 is 0. The molecule has 6 nitrogen and oxygen atoms in total. The molecule has 1 aromatic rings. The maximum atomic E-state index is 11.1. The smallest absolute Gasteiger partial charge is 0.240 e. The minimum Gasteiger partial charge on any atom is -0.355 e. The van der Waals surface area contributed by atoms with E-state index in [9.17, 15) is 4.79 Å². The molecule has 0 aliphatic carbocycles. The molecule has 0 spiro atoms. The quantitative estimate of drug-likeness (QED) is 0.664. The fourth-order valence-corrected chi connectivity index (χ4v) is 0.865. The molecule has 0 aliphatic heterocycles. The van der Waals surface area contributed by atoms with Crippen molar-refractivity contribution >= 4 is 5.91 Å². The van der Waals surface area contributed by atoms with Gasteiger partial charge < -0.3 is 5.32 Å². The number of rotatable bonds is 3. The Bertz CT molecular complexity index is 337. The summed E-state index contributed by atoms with van der Waals surface area (Å²) in [4.78, 5) is 11.1. The first-order chi connectivity index (χ1) is 6.27. The van der Waals surface area contributed by atoms with Crippen molar-refractivity contribution < 1.29 is 4.79 Å². The molecule has 0 aliphatic rings. The molecule has 0 saturated carbocycles. The maximum Gasteiger partial charge on any atom is 0.240 e. The van der Waals surface area contributed by atoms with Gasteiger partial charge in [-0.2, -0.15) is 5.26 Å². The van der Waals surface area contributed by atoms with Gasteiger partial charge in [0.05, 0.1) is 0 Å². The van der Waals surface area contributed by atoms with Crippen LogP contribution in [0.15, 0.2) is 6.33 Å². The van der Waals surface area contributed by atoms with Gasteiger partial charge in [0.1, 0.15) is 18.9 Å². The van der Waals surface area contributed by atoms with Gasteiger partial charge in [-0.05, 0) is 6.92 Å². The van der Waals surface area contributed by atoms with Crippen molar-refractivity contribution in [3.63, 3.8) is 0 Å². The second kappa shape index (κ2) is 4.21. The lowest BCUT2D eigenvalue weighted by Crippen LogP contribution is -2.27.